The van der Waals surface area contributed by atoms with Crippen molar-refractivity contribution in [1.29, 1.82) is 0 Å². The van der Waals surface area contributed by atoms with Gasteiger partial charge in [-0.25, -0.2) is 9.07 Å². The largest absolute Gasteiger partial charge is 0.504 e. The molecule has 0 spiro atoms. The van der Waals surface area contributed by atoms with E-state index in [1.165, 1.54) is 13.0 Å². The van der Waals surface area contributed by atoms with E-state index in [0.717, 1.165) is 29.8 Å². The molecular weight excluding hydrogens is 315 g/mol. The zero-order valence-corrected chi connectivity index (χ0v) is 15.5. The molecule has 0 bridgehead atoms. The average Bonchev–Trinajstić information content (AvgIpc) is 3.14. The van der Waals surface area contributed by atoms with Crippen molar-refractivity contribution in [2.75, 3.05) is 7.11 Å². The van der Waals surface area contributed by atoms with E-state index in [4.69, 9.17) is 4.74 Å². The summed E-state index contributed by atoms with van der Waals surface area (Å²) in [5, 5.41) is 4.48. The van der Waals surface area contributed by atoms with Gasteiger partial charge in [-0.1, -0.05) is 31.7 Å². The number of hydrogen-bond donors (Lipinski definition) is 0. The molecule has 1 aromatic rings. The maximum Gasteiger partial charge on any atom is 0.0974 e. The summed E-state index contributed by atoms with van der Waals surface area (Å²) in [6.07, 6.45) is 14.8. The van der Waals surface area contributed by atoms with Crippen LogP contribution in [0, 0.1) is 18.3 Å². The Morgan fingerprint density at radius 2 is 2.32 bits per heavy atom. The molecular formula is C21H27FN2O. The van der Waals surface area contributed by atoms with Crippen LogP contribution in [0.1, 0.15) is 32.4 Å². The van der Waals surface area contributed by atoms with Crippen molar-refractivity contribution in [3.05, 3.63) is 72.6 Å². The lowest BCUT2D eigenvalue weighted by molar-refractivity contribution is 0.338. The Hall–Kier alpha value is -2.36. The molecule has 1 aromatic heterocycles. The van der Waals surface area contributed by atoms with Gasteiger partial charge in [-0.15, -0.1) is 0 Å². The van der Waals surface area contributed by atoms with Gasteiger partial charge in [-0.05, 0) is 56.4 Å². The Labute approximate surface area is 149 Å². The number of ether oxygens (including phenoxy) is 1. The molecule has 25 heavy (non-hydrogen) atoms. The molecule has 1 fully saturated rings. The molecule has 0 radical (unpaired) electrons. The maximum absolute atomic E-state index is 13.3. The van der Waals surface area contributed by atoms with E-state index in [9.17, 15) is 4.39 Å². The van der Waals surface area contributed by atoms with Crippen molar-refractivity contribution in [1.82, 2.24) is 9.78 Å². The van der Waals surface area contributed by atoms with Crippen LogP contribution >= 0.6 is 0 Å². The van der Waals surface area contributed by atoms with Crippen LogP contribution in [0.2, 0.25) is 0 Å². The number of aryl methyl sites for hydroxylation is 1. The lowest BCUT2D eigenvalue weighted by Gasteiger charge is -2.17. The van der Waals surface area contributed by atoms with Gasteiger partial charge in [0, 0.05) is 17.3 Å². The van der Waals surface area contributed by atoms with Gasteiger partial charge in [0.2, 0.25) is 0 Å². The van der Waals surface area contributed by atoms with E-state index < -0.39 is 0 Å². The van der Waals surface area contributed by atoms with Gasteiger partial charge in [0.25, 0.3) is 0 Å². The van der Waals surface area contributed by atoms with Crippen molar-refractivity contribution in [2.45, 2.75) is 33.6 Å². The van der Waals surface area contributed by atoms with Crippen LogP contribution in [-0.4, -0.2) is 16.9 Å². The summed E-state index contributed by atoms with van der Waals surface area (Å²) in [5.41, 5.74) is 2.85. The Bertz CT molecular complexity index is 735. The predicted octanol–water partition coefficient (Wildman–Crippen LogP) is 5.59. The molecule has 2 unspecified atom stereocenters. The van der Waals surface area contributed by atoms with Gasteiger partial charge < -0.3 is 4.74 Å². The summed E-state index contributed by atoms with van der Waals surface area (Å²) < 4.78 is 20.0. The number of aromatic nitrogens is 2. The molecule has 4 heteroatoms. The highest BCUT2D eigenvalue weighted by Gasteiger charge is 2.53. The molecule has 2 atom stereocenters. The van der Waals surface area contributed by atoms with Crippen molar-refractivity contribution in [3.8, 4) is 0 Å². The van der Waals surface area contributed by atoms with E-state index >= 15 is 0 Å². The van der Waals surface area contributed by atoms with Gasteiger partial charge >= 0.3 is 0 Å². The zero-order valence-electron chi connectivity index (χ0n) is 15.5. The van der Waals surface area contributed by atoms with Crippen LogP contribution in [0.5, 0.6) is 0 Å². The SMILES string of the molecule is C=C(n1ccc(C)n1)C1(CC)CC1/C=C/C(=C/C=C/OC)/C=C(\C)F. The predicted molar refractivity (Wildman–Crippen MR) is 101 cm³/mol. The number of hydrogen-bond acceptors (Lipinski definition) is 2. The highest BCUT2D eigenvalue weighted by Crippen LogP contribution is 2.61. The summed E-state index contributed by atoms with van der Waals surface area (Å²) in [7, 11) is 1.58. The van der Waals surface area contributed by atoms with E-state index in [2.05, 4.69) is 24.7 Å². The molecule has 0 amide bonds. The molecule has 0 N–H and O–H groups in total. The third kappa shape index (κ3) is 4.59. The minimum atomic E-state index is -0.226. The minimum absolute atomic E-state index is 0.0386. The lowest BCUT2D eigenvalue weighted by atomic mass is 9.96. The average molecular weight is 342 g/mol. The molecule has 134 valence electrons. The van der Waals surface area contributed by atoms with Crippen LogP contribution in [0.25, 0.3) is 5.70 Å². The number of nitrogens with zero attached hydrogens (tertiary/aromatic N) is 2. The third-order valence-electron chi connectivity index (χ3n) is 4.73. The summed E-state index contributed by atoms with van der Waals surface area (Å²) in [5.74, 6) is 0.160. The molecule has 1 aliphatic carbocycles. The van der Waals surface area contributed by atoms with E-state index in [0.29, 0.717) is 5.92 Å². The topological polar surface area (TPSA) is 27.1 Å². The maximum atomic E-state index is 13.3. The molecule has 0 aromatic carbocycles. The number of allylic oxidation sites excluding steroid dienone is 8. The fourth-order valence-corrected chi connectivity index (χ4v) is 3.16. The Balaban J connectivity index is 2.15. The van der Waals surface area contributed by atoms with Crippen molar-refractivity contribution in [2.24, 2.45) is 11.3 Å². The second kappa shape index (κ2) is 8.15. The first-order valence-electron chi connectivity index (χ1n) is 8.56. The van der Waals surface area contributed by atoms with Crippen LogP contribution < -0.4 is 0 Å². The molecule has 2 rings (SSSR count). The van der Waals surface area contributed by atoms with Crippen LogP contribution in [0.3, 0.4) is 0 Å². The first-order valence-corrected chi connectivity index (χ1v) is 8.56. The molecule has 0 aliphatic heterocycles. The van der Waals surface area contributed by atoms with Gasteiger partial charge in [0.15, 0.2) is 0 Å². The van der Waals surface area contributed by atoms with Crippen molar-refractivity contribution >= 4 is 5.70 Å². The lowest BCUT2D eigenvalue weighted by Crippen LogP contribution is -2.11. The third-order valence-corrected chi connectivity index (χ3v) is 4.73. The van der Waals surface area contributed by atoms with Gasteiger partial charge in [-0.2, -0.15) is 5.10 Å². The van der Waals surface area contributed by atoms with Crippen LogP contribution in [0.15, 0.2) is 66.9 Å². The van der Waals surface area contributed by atoms with Crippen LogP contribution in [0.4, 0.5) is 4.39 Å². The fraction of sp³-hybridized carbons (Fsp3) is 0.381. The summed E-state index contributed by atoms with van der Waals surface area (Å²) >= 11 is 0. The molecule has 1 heterocycles. The van der Waals surface area contributed by atoms with Crippen LogP contribution in [-0.2, 0) is 4.74 Å². The van der Waals surface area contributed by atoms with E-state index in [1.807, 2.05) is 36.0 Å². The Morgan fingerprint density at radius 3 is 2.88 bits per heavy atom. The van der Waals surface area contributed by atoms with Crippen molar-refractivity contribution in [3.63, 3.8) is 0 Å². The quantitative estimate of drug-likeness (QED) is 0.454. The summed E-state index contributed by atoms with van der Waals surface area (Å²) in [6.45, 7) is 9.88. The highest BCUT2D eigenvalue weighted by molar-refractivity contribution is 5.55. The first-order chi connectivity index (χ1) is 11.9. The van der Waals surface area contributed by atoms with E-state index in [-0.39, 0.29) is 11.2 Å². The second-order valence-corrected chi connectivity index (χ2v) is 6.49. The molecule has 3 nitrogen and oxygen atoms in total. The summed E-state index contributed by atoms with van der Waals surface area (Å²) in [4.78, 5) is 0. The zero-order chi connectivity index (χ0) is 18.4. The normalized spacial score (nSPS) is 24.3. The first kappa shape index (κ1) is 19.0. The Morgan fingerprint density at radius 1 is 1.56 bits per heavy atom. The summed E-state index contributed by atoms with van der Waals surface area (Å²) in [6, 6.07) is 1.99. The number of rotatable bonds is 8. The number of halogens is 1. The monoisotopic (exact) mass is 342 g/mol. The standard InChI is InChI=1S/C21H27FN2O/c1-6-21(18(4)24-12-11-17(3)23-24)15-20(21)10-9-19(14-16(2)22)8-7-13-25-5/h7-14,20H,4,6,15H2,1-3,5H3/b10-9+,13-7+,16-14+,19-8-. The van der Waals surface area contributed by atoms with E-state index in [1.54, 1.807) is 19.4 Å². The minimum Gasteiger partial charge on any atom is -0.504 e. The van der Waals surface area contributed by atoms with Crippen molar-refractivity contribution < 1.29 is 9.13 Å². The van der Waals surface area contributed by atoms with Gasteiger partial charge in [0.1, 0.15) is 0 Å². The second-order valence-electron chi connectivity index (χ2n) is 6.49. The Kier molecular flexibility index (Phi) is 6.18. The van der Waals surface area contributed by atoms with Gasteiger partial charge in [-0.3, -0.25) is 0 Å². The highest BCUT2D eigenvalue weighted by atomic mass is 19.1. The smallest absolute Gasteiger partial charge is 0.0974 e. The van der Waals surface area contributed by atoms with Gasteiger partial charge in [0.05, 0.1) is 24.9 Å². The molecule has 1 saturated carbocycles. The number of methoxy groups -OCH3 is 1. The fourth-order valence-electron chi connectivity index (χ4n) is 3.16. The molecule has 1 aliphatic rings. The molecule has 0 saturated heterocycles.